The maximum atomic E-state index is 14.7. The Morgan fingerprint density at radius 2 is 2.00 bits per heavy atom. The third-order valence-electron chi connectivity index (χ3n) is 3.15. The number of ether oxygens (including phenoxy) is 2. The SMILES string of the molecule is CC(C)(C)OC(=O)C1(F)CNCC12COC2. The molecule has 2 heterocycles. The Bertz CT molecular complexity index is 309. The molecule has 16 heavy (non-hydrogen) atoms. The first-order valence-corrected chi connectivity index (χ1v) is 5.50. The Morgan fingerprint density at radius 1 is 1.38 bits per heavy atom. The van der Waals surface area contributed by atoms with E-state index in [0.717, 1.165) is 0 Å². The number of halogens is 1. The fraction of sp³-hybridized carbons (Fsp3) is 0.909. The standard InChI is InChI=1S/C11H18FNO3/c1-9(2,3)16-8(14)11(12)5-13-4-10(11)6-15-7-10/h13H,4-7H2,1-3H3. The summed E-state index contributed by atoms with van der Waals surface area (Å²) < 4.78 is 24.9. The number of hydrogen-bond acceptors (Lipinski definition) is 4. The Labute approximate surface area is 94.5 Å². The van der Waals surface area contributed by atoms with Gasteiger partial charge in [0.15, 0.2) is 0 Å². The molecule has 5 heteroatoms. The lowest BCUT2D eigenvalue weighted by atomic mass is 9.74. The fourth-order valence-corrected chi connectivity index (χ4v) is 2.13. The van der Waals surface area contributed by atoms with Gasteiger partial charge in [0.25, 0.3) is 0 Å². The Morgan fingerprint density at radius 3 is 2.44 bits per heavy atom. The van der Waals surface area contributed by atoms with E-state index in [1.807, 2.05) is 0 Å². The summed E-state index contributed by atoms with van der Waals surface area (Å²) in [5, 5.41) is 2.92. The zero-order chi connectivity index (χ0) is 12.0. The quantitative estimate of drug-likeness (QED) is 0.673. The van der Waals surface area contributed by atoms with Crippen LogP contribution in [-0.2, 0) is 14.3 Å². The Balaban J connectivity index is 2.15. The topological polar surface area (TPSA) is 47.6 Å². The molecule has 0 saturated carbocycles. The van der Waals surface area contributed by atoms with Crippen LogP contribution < -0.4 is 5.32 Å². The van der Waals surface area contributed by atoms with Crippen LogP contribution in [0.25, 0.3) is 0 Å². The minimum Gasteiger partial charge on any atom is -0.458 e. The molecule has 0 aromatic heterocycles. The van der Waals surface area contributed by atoms with E-state index < -0.39 is 22.7 Å². The summed E-state index contributed by atoms with van der Waals surface area (Å²) in [4.78, 5) is 11.9. The predicted molar refractivity (Wildman–Crippen MR) is 55.8 cm³/mol. The molecule has 1 N–H and O–H groups in total. The maximum Gasteiger partial charge on any atom is 0.346 e. The van der Waals surface area contributed by atoms with Crippen LogP contribution >= 0.6 is 0 Å². The second-order valence-corrected chi connectivity index (χ2v) is 5.68. The van der Waals surface area contributed by atoms with Gasteiger partial charge in [-0.25, -0.2) is 9.18 Å². The molecule has 2 rings (SSSR count). The highest BCUT2D eigenvalue weighted by molar-refractivity contribution is 5.82. The van der Waals surface area contributed by atoms with Gasteiger partial charge < -0.3 is 14.8 Å². The van der Waals surface area contributed by atoms with Crippen LogP contribution in [0.4, 0.5) is 4.39 Å². The van der Waals surface area contributed by atoms with Crippen LogP contribution in [0, 0.1) is 5.41 Å². The molecule has 0 aliphatic carbocycles. The molecule has 92 valence electrons. The van der Waals surface area contributed by atoms with Crippen molar-refractivity contribution in [2.45, 2.75) is 32.0 Å². The van der Waals surface area contributed by atoms with E-state index in [1.165, 1.54) is 0 Å². The summed E-state index contributed by atoms with van der Waals surface area (Å²) in [5.41, 5.74) is -3.32. The minimum absolute atomic E-state index is 0.0191. The molecule has 2 aliphatic heterocycles. The van der Waals surface area contributed by atoms with Gasteiger partial charge in [-0.2, -0.15) is 0 Å². The van der Waals surface area contributed by atoms with Gasteiger partial charge in [0, 0.05) is 13.1 Å². The van der Waals surface area contributed by atoms with Crippen LogP contribution in [0.5, 0.6) is 0 Å². The van der Waals surface area contributed by atoms with Crippen molar-refractivity contribution in [3.05, 3.63) is 0 Å². The van der Waals surface area contributed by atoms with Gasteiger partial charge in [-0.05, 0) is 20.8 Å². The minimum atomic E-state index is -1.95. The predicted octanol–water partition coefficient (Wildman–Crippen LogP) is 0.656. The highest BCUT2D eigenvalue weighted by Gasteiger charge is 2.66. The van der Waals surface area contributed by atoms with Crippen molar-refractivity contribution in [3.8, 4) is 0 Å². The molecule has 2 aliphatic rings. The van der Waals surface area contributed by atoms with E-state index in [1.54, 1.807) is 20.8 Å². The first kappa shape index (κ1) is 11.8. The van der Waals surface area contributed by atoms with Crippen molar-refractivity contribution in [1.82, 2.24) is 5.32 Å². The molecule has 4 nitrogen and oxygen atoms in total. The van der Waals surface area contributed by atoms with E-state index >= 15 is 0 Å². The van der Waals surface area contributed by atoms with E-state index in [0.29, 0.717) is 6.54 Å². The van der Waals surface area contributed by atoms with Crippen LogP contribution in [0.3, 0.4) is 0 Å². The summed E-state index contributed by atoms with van der Waals surface area (Å²) >= 11 is 0. The summed E-state index contributed by atoms with van der Waals surface area (Å²) in [7, 11) is 0. The molecule has 0 radical (unpaired) electrons. The van der Waals surface area contributed by atoms with E-state index in [-0.39, 0.29) is 19.8 Å². The first-order chi connectivity index (χ1) is 7.29. The smallest absolute Gasteiger partial charge is 0.346 e. The normalized spacial score (nSPS) is 32.5. The molecule has 2 saturated heterocycles. The van der Waals surface area contributed by atoms with Crippen LogP contribution in [-0.4, -0.2) is 43.5 Å². The van der Waals surface area contributed by atoms with Gasteiger partial charge in [0.1, 0.15) is 5.60 Å². The number of carbonyl (C=O) groups is 1. The fourth-order valence-electron chi connectivity index (χ4n) is 2.13. The van der Waals surface area contributed by atoms with Gasteiger partial charge in [0.05, 0.1) is 18.6 Å². The molecule has 0 aromatic carbocycles. The number of esters is 1. The number of hydrogen-bond donors (Lipinski definition) is 1. The van der Waals surface area contributed by atoms with E-state index in [9.17, 15) is 9.18 Å². The summed E-state index contributed by atoms with van der Waals surface area (Å²) in [6.45, 7) is 6.28. The third-order valence-corrected chi connectivity index (χ3v) is 3.15. The van der Waals surface area contributed by atoms with Crippen LogP contribution in [0.2, 0.25) is 0 Å². The lowest BCUT2D eigenvalue weighted by Gasteiger charge is -2.44. The molecule has 1 unspecified atom stereocenters. The Kier molecular flexibility index (Phi) is 2.51. The van der Waals surface area contributed by atoms with Gasteiger partial charge in [0.2, 0.25) is 5.67 Å². The molecule has 0 amide bonds. The average molecular weight is 231 g/mol. The summed E-state index contributed by atoms with van der Waals surface area (Å²) in [5.74, 6) is -0.770. The molecule has 1 spiro atoms. The van der Waals surface area contributed by atoms with Crippen molar-refractivity contribution < 1.29 is 18.7 Å². The van der Waals surface area contributed by atoms with Gasteiger partial charge in [-0.15, -0.1) is 0 Å². The molecule has 1 atom stereocenters. The van der Waals surface area contributed by atoms with Gasteiger partial charge in [-0.1, -0.05) is 0 Å². The second-order valence-electron chi connectivity index (χ2n) is 5.68. The van der Waals surface area contributed by atoms with Crippen molar-refractivity contribution >= 4 is 5.97 Å². The number of carbonyl (C=O) groups excluding carboxylic acids is 1. The highest BCUT2D eigenvalue weighted by atomic mass is 19.1. The van der Waals surface area contributed by atoms with Crippen LogP contribution in [0.15, 0.2) is 0 Å². The summed E-state index contributed by atoms with van der Waals surface area (Å²) in [6, 6.07) is 0. The number of nitrogens with one attached hydrogen (secondary N) is 1. The van der Waals surface area contributed by atoms with Crippen molar-refractivity contribution in [2.75, 3.05) is 26.3 Å². The number of rotatable bonds is 1. The monoisotopic (exact) mass is 231 g/mol. The van der Waals surface area contributed by atoms with Crippen molar-refractivity contribution in [3.63, 3.8) is 0 Å². The average Bonchev–Trinajstić information content (AvgIpc) is 2.40. The molecule has 2 fully saturated rings. The zero-order valence-corrected chi connectivity index (χ0v) is 9.93. The molecule has 0 bridgehead atoms. The van der Waals surface area contributed by atoms with Crippen molar-refractivity contribution in [2.24, 2.45) is 5.41 Å². The van der Waals surface area contributed by atoms with Crippen LogP contribution in [0.1, 0.15) is 20.8 Å². The third kappa shape index (κ3) is 1.62. The van der Waals surface area contributed by atoms with Crippen molar-refractivity contribution in [1.29, 1.82) is 0 Å². The lowest BCUT2D eigenvalue weighted by molar-refractivity contribution is -0.204. The van der Waals surface area contributed by atoms with Gasteiger partial charge >= 0.3 is 5.97 Å². The largest absolute Gasteiger partial charge is 0.458 e. The van der Waals surface area contributed by atoms with Gasteiger partial charge in [-0.3, -0.25) is 0 Å². The van der Waals surface area contributed by atoms with E-state index in [4.69, 9.17) is 9.47 Å². The molecular formula is C11H18FNO3. The highest BCUT2D eigenvalue weighted by Crippen LogP contribution is 2.45. The molecule has 0 aromatic rings. The maximum absolute atomic E-state index is 14.7. The Hall–Kier alpha value is -0.680. The molecular weight excluding hydrogens is 213 g/mol. The first-order valence-electron chi connectivity index (χ1n) is 5.50. The zero-order valence-electron chi connectivity index (χ0n) is 9.93. The van der Waals surface area contributed by atoms with E-state index in [2.05, 4.69) is 5.32 Å². The lowest BCUT2D eigenvalue weighted by Crippen LogP contribution is -2.61. The summed E-state index contributed by atoms with van der Waals surface area (Å²) in [6.07, 6.45) is 0. The number of alkyl halides is 1. The second kappa shape index (κ2) is 3.40.